The van der Waals surface area contributed by atoms with Gasteiger partial charge in [0.1, 0.15) is 11.9 Å². The summed E-state index contributed by atoms with van der Waals surface area (Å²) in [5.74, 6) is 2.62. The van der Waals surface area contributed by atoms with Crippen molar-refractivity contribution in [2.45, 2.75) is 12.0 Å². The van der Waals surface area contributed by atoms with Crippen LogP contribution in [-0.2, 0) is 0 Å². The summed E-state index contributed by atoms with van der Waals surface area (Å²) in [5, 5.41) is 1.19. The maximum Gasteiger partial charge on any atom is 0.167 e. The van der Waals surface area contributed by atoms with Gasteiger partial charge in [0.05, 0.1) is 16.8 Å². The second-order valence-corrected chi connectivity index (χ2v) is 15.9. The van der Waals surface area contributed by atoms with Crippen molar-refractivity contribution in [1.82, 2.24) is 19.5 Å². The van der Waals surface area contributed by atoms with Gasteiger partial charge in [-0.15, -0.1) is 0 Å². The Morgan fingerprint density at radius 3 is 1.44 bits per heavy atom. The molecule has 5 heteroatoms. The van der Waals surface area contributed by atoms with Crippen LogP contribution in [0, 0.1) is 0 Å². The SMILES string of the molecule is C1=CC2c3cccc(-c4nc(-c5ccc(-c6ccccc6)cc5)nc(-c5ccc(-c6ccccc6)cc5)n4)c3OC2c2c1n(-c1ccc(-c3ccccc3)cc1)c1ccccc21. The van der Waals surface area contributed by atoms with Gasteiger partial charge in [0, 0.05) is 39.2 Å². The first-order chi connectivity index (χ1) is 30.7. The van der Waals surface area contributed by atoms with Gasteiger partial charge in [0.2, 0.25) is 0 Å². The van der Waals surface area contributed by atoms with Crippen LogP contribution in [0.2, 0.25) is 0 Å². The lowest BCUT2D eigenvalue weighted by atomic mass is 9.85. The third-order valence-corrected chi connectivity index (χ3v) is 12.3. The van der Waals surface area contributed by atoms with E-state index in [0.717, 1.165) is 67.2 Å². The molecule has 2 atom stereocenters. The zero-order valence-electron chi connectivity index (χ0n) is 33.6. The Labute approximate surface area is 360 Å². The number of benzene rings is 8. The highest BCUT2D eigenvalue weighted by molar-refractivity contribution is 5.92. The van der Waals surface area contributed by atoms with Crippen LogP contribution in [0.1, 0.15) is 28.8 Å². The zero-order valence-corrected chi connectivity index (χ0v) is 33.6. The summed E-state index contributed by atoms with van der Waals surface area (Å²) in [6.45, 7) is 0. The molecule has 0 N–H and O–H groups in total. The predicted octanol–water partition coefficient (Wildman–Crippen LogP) is 14.1. The van der Waals surface area contributed by atoms with E-state index in [1.165, 1.54) is 22.1 Å². The average molecular weight is 795 g/mol. The molecule has 2 unspecified atom stereocenters. The molecule has 8 aromatic carbocycles. The molecular weight excluding hydrogens is 757 g/mol. The molecule has 12 rings (SSSR count). The largest absolute Gasteiger partial charge is 0.484 e. The summed E-state index contributed by atoms with van der Waals surface area (Å²) in [6, 6.07) is 72.2. The summed E-state index contributed by atoms with van der Waals surface area (Å²) in [5.41, 5.74) is 15.4. The van der Waals surface area contributed by atoms with E-state index in [2.05, 4.69) is 211 Å². The number of ether oxygens (including phenoxy) is 1. The molecule has 1 aliphatic heterocycles. The van der Waals surface area contributed by atoms with Gasteiger partial charge in [0.15, 0.2) is 17.5 Å². The maximum atomic E-state index is 7.21. The fraction of sp³-hybridized carbons (Fsp3) is 0.0351. The van der Waals surface area contributed by atoms with Crippen LogP contribution >= 0.6 is 0 Å². The molecule has 10 aromatic rings. The molecule has 62 heavy (non-hydrogen) atoms. The number of fused-ring (bicyclic) bond motifs is 7. The number of hydrogen-bond donors (Lipinski definition) is 0. The van der Waals surface area contributed by atoms with Crippen LogP contribution in [0.15, 0.2) is 212 Å². The highest BCUT2D eigenvalue weighted by atomic mass is 16.5. The first-order valence-corrected chi connectivity index (χ1v) is 21.1. The first kappa shape index (κ1) is 35.8. The predicted molar refractivity (Wildman–Crippen MR) is 251 cm³/mol. The Balaban J connectivity index is 0.952. The monoisotopic (exact) mass is 794 g/mol. The lowest BCUT2D eigenvalue weighted by Gasteiger charge is -2.22. The van der Waals surface area contributed by atoms with Crippen LogP contribution in [0.3, 0.4) is 0 Å². The van der Waals surface area contributed by atoms with Gasteiger partial charge >= 0.3 is 0 Å². The van der Waals surface area contributed by atoms with Crippen molar-refractivity contribution in [3.8, 4) is 79.0 Å². The lowest BCUT2D eigenvalue weighted by molar-refractivity contribution is 0.225. The van der Waals surface area contributed by atoms with Crippen LogP contribution in [-0.4, -0.2) is 19.5 Å². The zero-order chi connectivity index (χ0) is 41.0. The normalized spacial score (nSPS) is 14.8. The Hall–Kier alpha value is -8.15. The van der Waals surface area contributed by atoms with Gasteiger partial charge in [-0.3, -0.25) is 0 Å². The van der Waals surface area contributed by atoms with Crippen molar-refractivity contribution in [2.75, 3.05) is 0 Å². The number of aromatic nitrogens is 4. The summed E-state index contributed by atoms with van der Waals surface area (Å²) in [4.78, 5) is 15.5. The maximum absolute atomic E-state index is 7.21. The quantitative estimate of drug-likeness (QED) is 0.161. The molecule has 5 nitrogen and oxygen atoms in total. The standard InChI is InChI=1S/C57H38N4O/c1-4-13-37(14-5-1)40-23-27-43(28-24-40)55-58-56(44-29-25-41(26-30-44)38-15-6-2-7-16-38)60-57(59-55)49-21-12-20-46-47-35-36-51-52(54(47)62-53(46)49)48-19-10-11-22-50(48)61(51)45-33-31-42(32-34-45)39-17-8-3-9-18-39/h1-36,47,54H. The van der Waals surface area contributed by atoms with Gasteiger partial charge in [-0.05, 0) is 63.7 Å². The number of nitrogens with zero attached hydrogens (tertiary/aromatic N) is 4. The second kappa shape index (κ2) is 14.8. The molecule has 0 amide bonds. The fourth-order valence-electron chi connectivity index (χ4n) is 9.23. The molecule has 2 aliphatic rings. The fourth-order valence-corrected chi connectivity index (χ4v) is 9.23. The number of rotatable bonds is 7. The second-order valence-electron chi connectivity index (χ2n) is 15.9. The minimum atomic E-state index is -0.224. The smallest absolute Gasteiger partial charge is 0.167 e. The molecule has 0 saturated carbocycles. The third kappa shape index (κ3) is 6.13. The molecule has 2 aromatic heterocycles. The van der Waals surface area contributed by atoms with Gasteiger partial charge in [-0.2, -0.15) is 0 Å². The first-order valence-electron chi connectivity index (χ1n) is 21.1. The number of hydrogen-bond acceptors (Lipinski definition) is 4. The molecule has 1 aliphatic carbocycles. The Kier molecular flexibility index (Phi) is 8.56. The summed E-state index contributed by atoms with van der Waals surface area (Å²) in [6.07, 6.45) is 4.37. The molecule has 0 saturated heterocycles. The highest BCUT2D eigenvalue weighted by Crippen LogP contribution is 2.55. The van der Waals surface area contributed by atoms with Crippen LogP contribution in [0.4, 0.5) is 0 Å². The molecule has 292 valence electrons. The van der Waals surface area contributed by atoms with E-state index in [1.807, 2.05) is 12.1 Å². The van der Waals surface area contributed by atoms with Gasteiger partial charge in [-0.1, -0.05) is 188 Å². The topological polar surface area (TPSA) is 52.8 Å². The van der Waals surface area contributed by atoms with Gasteiger partial charge in [0.25, 0.3) is 0 Å². The Morgan fingerprint density at radius 2 is 0.871 bits per heavy atom. The lowest BCUT2D eigenvalue weighted by Crippen LogP contribution is -2.13. The van der Waals surface area contributed by atoms with Crippen molar-refractivity contribution < 1.29 is 4.74 Å². The third-order valence-electron chi connectivity index (χ3n) is 12.3. The van der Waals surface area contributed by atoms with Crippen molar-refractivity contribution in [2.24, 2.45) is 0 Å². The highest BCUT2D eigenvalue weighted by Gasteiger charge is 2.41. The van der Waals surface area contributed by atoms with E-state index >= 15 is 0 Å². The Bertz CT molecular complexity index is 3180. The number of para-hydroxylation sites is 2. The molecule has 0 fully saturated rings. The van der Waals surface area contributed by atoms with Crippen molar-refractivity contribution in [3.05, 3.63) is 229 Å². The summed E-state index contributed by atoms with van der Waals surface area (Å²) < 4.78 is 9.58. The van der Waals surface area contributed by atoms with E-state index in [0.29, 0.717) is 17.5 Å². The van der Waals surface area contributed by atoms with E-state index < -0.39 is 0 Å². The van der Waals surface area contributed by atoms with Gasteiger partial charge < -0.3 is 9.30 Å². The van der Waals surface area contributed by atoms with E-state index in [1.54, 1.807) is 0 Å². The Morgan fingerprint density at radius 1 is 0.403 bits per heavy atom. The van der Waals surface area contributed by atoms with E-state index in [4.69, 9.17) is 19.7 Å². The molecule has 0 radical (unpaired) electrons. The van der Waals surface area contributed by atoms with Crippen molar-refractivity contribution >= 4 is 17.0 Å². The molecular formula is C57H38N4O. The van der Waals surface area contributed by atoms with Crippen LogP contribution in [0.25, 0.3) is 90.2 Å². The molecule has 3 heterocycles. The van der Waals surface area contributed by atoms with E-state index in [9.17, 15) is 0 Å². The average Bonchev–Trinajstić information content (AvgIpc) is 3.91. The van der Waals surface area contributed by atoms with Crippen molar-refractivity contribution in [1.29, 1.82) is 0 Å². The molecule has 0 bridgehead atoms. The van der Waals surface area contributed by atoms with Crippen LogP contribution in [0.5, 0.6) is 5.75 Å². The molecule has 0 spiro atoms. The van der Waals surface area contributed by atoms with E-state index in [-0.39, 0.29) is 12.0 Å². The minimum Gasteiger partial charge on any atom is -0.484 e. The summed E-state index contributed by atoms with van der Waals surface area (Å²) in [7, 11) is 0. The summed E-state index contributed by atoms with van der Waals surface area (Å²) >= 11 is 0. The van der Waals surface area contributed by atoms with Crippen molar-refractivity contribution in [3.63, 3.8) is 0 Å². The van der Waals surface area contributed by atoms with Crippen LogP contribution < -0.4 is 4.74 Å². The van der Waals surface area contributed by atoms with Gasteiger partial charge in [-0.25, -0.2) is 15.0 Å². The minimum absolute atomic E-state index is 0.0222.